The number of allylic oxidation sites excluding steroid dienone is 1. The molecule has 1 heterocycles. The SMILES string of the molecule is CCCCCCCCCCCCC/C=C/[C@@H](O)[C@H](CO[C@@H]1O[C@H](CO)[C@H](O)[C@H](O)[C@H]1O)NC(=O)CC. The van der Waals surface area contributed by atoms with Crippen molar-refractivity contribution in [2.75, 3.05) is 13.2 Å². The lowest BCUT2D eigenvalue weighted by molar-refractivity contribution is -0.302. The summed E-state index contributed by atoms with van der Waals surface area (Å²) in [5.41, 5.74) is 0. The van der Waals surface area contributed by atoms with Crippen molar-refractivity contribution in [2.24, 2.45) is 0 Å². The fourth-order valence-electron chi connectivity index (χ4n) is 4.23. The predicted molar refractivity (Wildman–Crippen MR) is 138 cm³/mol. The third-order valence-electron chi connectivity index (χ3n) is 6.68. The highest BCUT2D eigenvalue weighted by Gasteiger charge is 2.44. The number of hydrogen-bond donors (Lipinski definition) is 6. The van der Waals surface area contributed by atoms with Crippen LogP contribution in [0.1, 0.15) is 97.3 Å². The first-order valence-corrected chi connectivity index (χ1v) is 13.9. The van der Waals surface area contributed by atoms with Gasteiger partial charge in [0.05, 0.1) is 25.4 Å². The Bertz CT molecular complexity index is 588. The van der Waals surface area contributed by atoms with Gasteiger partial charge >= 0.3 is 0 Å². The fraction of sp³-hybridized carbons (Fsp3) is 0.889. The molecule has 1 saturated heterocycles. The van der Waals surface area contributed by atoms with Gasteiger partial charge in [-0.15, -0.1) is 0 Å². The van der Waals surface area contributed by atoms with Crippen LogP contribution in [0.15, 0.2) is 12.2 Å². The average molecular weight is 518 g/mol. The monoisotopic (exact) mass is 517 g/mol. The van der Waals surface area contributed by atoms with Gasteiger partial charge in [0.1, 0.15) is 24.4 Å². The van der Waals surface area contributed by atoms with Crippen molar-refractivity contribution in [3.05, 3.63) is 12.2 Å². The zero-order valence-corrected chi connectivity index (χ0v) is 22.3. The van der Waals surface area contributed by atoms with E-state index in [1.165, 1.54) is 57.8 Å². The molecule has 1 fully saturated rings. The summed E-state index contributed by atoms with van der Waals surface area (Å²) in [6.45, 7) is 3.17. The number of aliphatic hydroxyl groups excluding tert-OH is 5. The lowest BCUT2D eigenvalue weighted by Crippen LogP contribution is -2.60. The quantitative estimate of drug-likeness (QED) is 0.106. The van der Waals surface area contributed by atoms with E-state index in [2.05, 4.69) is 12.2 Å². The molecule has 0 aromatic carbocycles. The summed E-state index contributed by atoms with van der Waals surface area (Å²) in [7, 11) is 0. The zero-order valence-electron chi connectivity index (χ0n) is 22.3. The molecule has 0 aliphatic carbocycles. The Morgan fingerprint density at radius 1 is 0.917 bits per heavy atom. The van der Waals surface area contributed by atoms with Crippen LogP contribution < -0.4 is 5.32 Å². The summed E-state index contributed by atoms with van der Waals surface area (Å²) in [6, 6.07) is -0.793. The Kier molecular flexibility index (Phi) is 18.3. The van der Waals surface area contributed by atoms with Crippen molar-refractivity contribution >= 4 is 5.91 Å². The van der Waals surface area contributed by atoms with Gasteiger partial charge in [0, 0.05) is 6.42 Å². The molecule has 7 atom stereocenters. The van der Waals surface area contributed by atoms with Crippen molar-refractivity contribution in [2.45, 2.75) is 140 Å². The van der Waals surface area contributed by atoms with Gasteiger partial charge in [0.2, 0.25) is 5.91 Å². The first-order chi connectivity index (χ1) is 17.3. The molecule has 1 rings (SSSR count). The van der Waals surface area contributed by atoms with E-state index in [9.17, 15) is 30.3 Å². The normalized spacial score (nSPS) is 26.2. The van der Waals surface area contributed by atoms with Crippen LogP contribution in [-0.2, 0) is 14.3 Å². The maximum Gasteiger partial charge on any atom is 0.220 e. The number of carbonyl (C=O) groups is 1. The van der Waals surface area contributed by atoms with E-state index in [0.29, 0.717) is 0 Å². The van der Waals surface area contributed by atoms with Gasteiger partial charge in [-0.1, -0.05) is 90.2 Å². The number of aliphatic hydroxyl groups is 5. The standard InChI is InChI=1S/C27H51NO8/c1-3-5-6-7-8-9-10-11-12-13-14-15-16-17-21(30)20(28-23(31)4-2)19-35-27-26(34)25(33)24(32)22(18-29)36-27/h16-17,20-22,24-27,29-30,32-34H,3-15,18-19H2,1-2H3,(H,28,31)/b17-16+/t20-,21+,22+,24-,25-,26+,27+/m0/s1. The van der Waals surface area contributed by atoms with Gasteiger partial charge in [-0.3, -0.25) is 4.79 Å². The molecule has 9 heteroatoms. The lowest BCUT2D eigenvalue weighted by Gasteiger charge is -2.40. The molecule has 0 aromatic rings. The summed E-state index contributed by atoms with van der Waals surface area (Å²) < 4.78 is 10.9. The molecule has 0 bridgehead atoms. The molecule has 1 aliphatic heterocycles. The van der Waals surface area contributed by atoms with E-state index in [0.717, 1.165) is 19.3 Å². The minimum absolute atomic E-state index is 0.196. The van der Waals surface area contributed by atoms with Crippen LogP contribution in [0.4, 0.5) is 0 Å². The van der Waals surface area contributed by atoms with Crippen LogP contribution in [0, 0.1) is 0 Å². The fourth-order valence-corrected chi connectivity index (χ4v) is 4.23. The maximum atomic E-state index is 11.9. The largest absolute Gasteiger partial charge is 0.394 e. The van der Waals surface area contributed by atoms with E-state index < -0.39 is 49.5 Å². The maximum absolute atomic E-state index is 11.9. The number of ether oxygens (including phenoxy) is 2. The lowest BCUT2D eigenvalue weighted by atomic mass is 9.99. The first-order valence-electron chi connectivity index (χ1n) is 13.9. The Hall–Kier alpha value is -1.07. The second-order valence-corrected chi connectivity index (χ2v) is 9.80. The number of unbranched alkanes of at least 4 members (excludes halogenated alkanes) is 11. The van der Waals surface area contributed by atoms with E-state index in [1.54, 1.807) is 13.0 Å². The molecule has 0 aromatic heterocycles. The summed E-state index contributed by atoms with van der Waals surface area (Å²) in [4.78, 5) is 11.9. The van der Waals surface area contributed by atoms with Crippen molar-refractivity contribution in [1.29, 1.82) is 0 Å². The van der Waals surface area contributed by atoms with Gasteiger partial charge in [-0.25, -0.2) is 0 Å². The van der Waals surface area contributed by atoms with E-state index in [4.69, 9.17) is 9.47 Å². The zero-order chi connectivity index (χ0) is 26.8. The molecule has 212 valence electrons. The number of nitrogens with one attached hydrogen (secondary N) is 1. The van der Waals surface area contributed by atoms with Crippen molar-refractivity contribution in [3.8, 4) is 0 Å². The van der Waals surface area contributed by atoms with Crippen LogP contribution in [0.5, 0.6) is 0 Å². The smallest absolute Gasteiger partial charge is 0.220 e. The van der Waals surface area contributed by atoms with Crippen molar-refractivity contribution in [1.82, 2.24) is 5.32 Å². The second-order valence-electron chi connectivity index (χ2n) is 9.80. The number of carbonyl (C=O) groups excluding carboxylic acids is 1. The first kappa shape index (κ1) is 33.0. The third kappa shape index (κ3) is 12.9. The minimum atomic E-state index is -1.56. The predicted octanol–water partition coefficient (Wildman–Crippen LogP) is 2.32. The summed E-state index contributed by atoms with van der Waals surface area (Å²) in [5, 5.41) is 52.5. The van der Waals surface area contributed by atoms with Gasteiger partial charge in [-0.2, -0.15) is 0 Å². The van der Waals surface area contributed by atoms with Gasteiger partial charge in [-0.05, 0) is 12.8 Å². The molecule has 0 unspecified atom stereocenters. The van der Waals surface area contributed by atoms with Crippen LogP contribution in [-0.4, -0.2) is 87.5 Å². The molecular weight excluding hydrogens is 466 g/mol. The van der Waals surface area contributed by atoms with E-state index >= 15 is 0 Å². The number of hydrogen-bond acceptors (Lipinski definition) is 8. The Morgan fingerprint density at radius 3 is 2.06 bits per heavy atom. The van der Waals surface area contributed by atoms with Crippen LogP contribution in [0.25, 0.3) is 0 Å². The molecule has 6 N–H and O–H groups in total. The third-order valence-corrected chi connectivity index (χ3v) is 6.68. The molecule has 1 amide bonds. The van der Waals surface area contributed by atoms with Gasteiger partial charge in [0.15, 0.2) is 6.29 Å². The second kappa shape index (κ2) is 20.0. The molecule has 0 saturated carbocycles. The highest BCUT2D eigenvalue weighted by molar-refractivity contribution is 5.75. The summed E-state index contributed by atoms with van der Waals surface area (Å²) in [6.07, 6.45) is 10.6. The Morgan fingerprint density at radius 2 is 1.50 bits per heavy atom. The van der Waals surface area contributed by atoms with E-state index in [1.807, 2.05) is 6.08 Å². The molecule has 0 spiro atoms. The molecule has 1 aliphatic rings. The van der Waals surface area contributed by atoms with Crippen molar-refractivity contribution in [3.63, 3.8) is 0 Å². The number of amides is 1. The molecule has 0 radical (unpaired) electrons. The summed E-state index contributed by atoms with van der Waals surface area (Å²) in [5.74, 6) is -0.268. The number of rotatable bonds is 20. The van der Waals surface area contributed by atoms with Gasteiger partial charge in [0.25, 0.3) is 0 Å². The Balaban J connectivity index is 2.37. The average Bonchev–Trinajstić information content (AvgIpc) is 2.88. The molecule has 36 heavy (non-hydrogen) atoms. The highest BCUT2D eigenvalue weighted by atomic mass is 16.7. The Labute approximate surface area is 216 Å². The van der Waals surface area contributed by atoms with Crippen LogP contribution in [0.3, 0.4) is 0 Å². The minimum Gasteiger partial charge on any atom is -0.394 e. The topological polar surface area (TPSA) is 149 Å². The van der Waals surface area contributed by atoms with Crippen LogP contribution in [0.2, 0.25) is 0 Å². The molecule has 9 nitrogen and oxygen atoms in total. The van der Waals surface area contributed by atoms with Crippen LogP contribution >= 0.6 is 0 Å². The highest BCUT2D eigenvalue weighted by Crippen LogP contribution is 2.22. The molecular formula is C27H51NO8. The summed E-state index contributed by atoms with van der Waals surface area (Å²) >= 11 is 0. The van der Waals surface area contributed by atoms with Gasteiger partial charge < -0.3 is 40.3 Å². The van der Waals surface area contributed by atoms with Crippen molar-refractivity contribution < 1.29 is 39.8 Å². The van der Waals surface area contributed by atoms with E-state index in [-0.39, 0.29) is 18.9 Å².